The molecule has 19 heavy (non-hydrogen) atoms. The Hall–Kier alpha value is -1.32. The summed E-state index contributed by atoms with van der Waals surface area (Å²) in [6, 6.07) is 4.63. The zero-order chi connectivity index (χ0) is 13.7. The molecule has 0 atom stereocenters. The first kappa shape index (κ1) is 12.7. The Kier molecular flexibility index (Phi) is 2.73. The van der Waals surface area contributed by atoms with Crippen LogP contribution in [0, 0.1) is 0 Å². The number of hydrogen-bond donors (Lipinski definition) is 1. The Morgan fingerprint density at radius 3 is 2.68 bits per heavy atom. The van der Waals surface area contributed by atoms with Gasteiger partial charge in [0.15, 0.2) is 0 Å². The Morgan fingerprint density at radius 2 is 2.00 bits per heavy atom. The second-order valence-electron chi connectivity index (χ2n) is 4.57. The van der Waals surface area contributed by atoms with E-state index in [2.05, 4.69) is 13.5 Å². The fraction of sp³-hybridized carbons (Fsp3) is 0.400. The van der Waals surface area contributed by atoms with E-state index in [1.165, 1.54) is 6.07 Å². The lowest BCUT2D eigenvalue weighted by Crippen LogP contribution is -2.32. The summed E-state index contributed by atoms with van der Waals surface area (Å²) in [6.07, 6.45) is 1.69. The van der Waals surface area contributed by atoms with Crippen molar-refractivity contribution in [2.45, 2.75) is 24.6 Å². The highest BCUT2D eigenvalue weighted by molar-refractivity contribution is 7.89. The van der Waals surface area contributed by atoms with Crippen molar-refractivity contribution in [1.29, 1.82) is 0 Å². The van der Waals surface area contributed by atoms with Gasteiger partial charge >= 0.3 is 10.2 Å². The molecule has 1 aromatic carbocycles. The second-order valence-corrected chi connectivity index (χ2v) is 7.58. The predicted molar refractivity (Wildman–Crippen MR) is 66.5 cm³/mol. The van der Waals surface area contributed by atoms with Crippen LogP contribution in [0.3, 0.4) is 0 Å². The van der Waals surface area contributed by atoms with Gasteiger partial charge in [-0.3, -0.25) is 0 Å². The van der Waals surface area contributed by atoms with E-state index in [1.54, 1.807) is 12.1 Å². The third-order valence-electron chi connectivity index (χ3n) is 2.79. The quantitative estimate of drug-likeness (QED) is 0.751. The van der Waals surface area contributed by atoms with Crippen LogP contribution in [-0.2, 0) is 26.0 Å². The van der Waals surface area contributed by atoms with Crippen LogP contribution in [0.1, 0.15) is 18.4 Å². The minimum atomic E-state index is -3.86. The topological polar surface area (TPSA) is 105 Å². The number of nitrogens with zero attached hydrogens (tertiary/aromatic N) is 2. The maximum atomic E-state index is 11.9. The standard InChI is InChI=1S/C10H11N3O4S2/c14-18(15,11-8-4-5-8)6-7-2-1-3-9-10(7)13-19(16,17)12-9/h1-3,8,11H,4-6H2. The number of nitrogens with one attached hydrogen (secondary N) is 1. The van der Waals surface area contributed by atoms with Gasteiger partial charge in [0.1, 0.15) is 10.7 Å². The average molecular weight is 301 g/mol. The molecule has 0 amide bonds. The normalized spacial score (nSPS) is 20.4. The van der Waals surface area contributed by atoms with Crippen LogP contribution in [0.4, 0.5) is 0 Å². The molecule has 2 aliphatic rings. The van der Waals surface area contributed by atoms with E-state index in [0.717, 1.165) is 12.8 Å². The summed E-state index contributed by atoms with van der Waals surface area (Å²) in [4.78, 5) is 0. The van der Waals surface area contributed by atoms with E-state index < -0.39 is 20.2 Å². The summed E-state index contributed by atoms with van der Waals surface area (Å²) in [5.74, 6) is -0.290. The van der Waals surface area contributed by atoms with Crippen molar-refractivity contribution in [2.24, 2.45) is 8.80 Å². The maximum Gasteiger partial charge on any atom is 0.364 e. The number of benzene rings is 1. The molecule has 1 aromatic rings. The van der Waals surface area contributed by atoms with E-state index in [0.29, 0.717) is 5.56 Å². The van der Waals surface area contributed by atoms with E-state index in [4.69, 9.17) is 0 Å². The lowest BCUT2D eigenvalue weighted by molar-refractivity contribution is 0.579. The molecule has 1 aliphatic heterocycles. The third-order valence-corrected chi connectivity index (χ3v) is 5.01. The predicted octanol–water partition coefficient (Wildman–Crippen LogP) is -1.23. The first-order valence-electron chi connectivity index (χ1n) is 5.67. The summed E-state index contributed by atoms with van der Waals surface area (Å²) >= 11 is 0. The molecule has 1 N–H and O–H groups in total. The molecule has 0 spiro atoms. The van der Waals surface area contributed by atoms with E-state index in [1.807, 2.05) is 0 Å². The summed E-state index contributed by atoms with van der Waals surface area (Å²) in [5.41, 5.74) is 0.343. The minimum absolute atomic E-state index is 0.0205. The lowest BCUT2D eigenvalue weighted by Gasteiger charge is -2.04. The summed E-state index contributed by atoms with van der Waals surface area (Å²) in [6.45, 7) is 0. The molecule has 0 saturated heterocycles. The molecule has 0 radical (unpaired) electrons. The molecule has 9 heteroatoms. The lowest BCUT2D eigenvalue weighted by atomic mass is 10.2. The Morgan fingerprint density at radius 1 is 1.26 bits per heavy atom. The van der Waals surface area contributed by atoms with Crippen LogP contribution in [0.5, 0.6) is 0 Å². The van der Waals surface area contributed by atoms with Gasteiger partial charge in [-0.15, -0.1) is 8.80 Å². The molecule has 1 saturated carbocycles. The van der Waals surface area contributed by atoms with Crippen LogP contribution in [-0.4, -0.2) is 22.9 Å². The highest BCUT2D eigenvalue weighted by Crippen LogP contribution is 2.20. The van der Waals surface area contributed by atoms with Crippen molar-refractivity contribution in [2.75, 3.05) is 0 Å². The monoisotopic (exact) mass is 301 g/mol. The number of hydrogen-bond acceptors (Lipinski definition) is 4. The molecule has 0 bridgehead atoms. The van der Waals surface area contributed by atoms with Gasteiger partial charge in [-0.25, -0.2) is 13.1 Å². The van der Waals surface area contributed by atoms with Crippen LogP contribution in [0.25, 0.3) is 0 Å². The molecule has 3 rings (SSSR count). The van der Waals surface area contributed by atoms with Crippen LogP contribution in [0.15, 0.2) is 27.0 Å². The van der Waals surface area contributed by atoms with Crippen molar-refractivity contribution >= 4 is 20.2 Å². The molecule has 1 aliphatic carbocycles. The first-order chi connectivity index (χ1) is 8.85. The third kappa shape index (κ3) is 2.82. The Labute approximate surface area is 110 Å². The van der Waals surface area contributed by atoms with Crippen molar-refractivity contribution in [3.05, 3.63) is 34.5 Å². The fourth-order valence-corrected chi connectivity index (χ4v) is 4.18. The Balaban J connectivity index is 2.01. The van der Waals surface area contributed by atoms with Gasteiger partial charge in [-0.05, 0) is 24.5 Å². The largest absolute Gasteiger partial charge is 0.364 e. The van der Waals surface area contributed by atoms with E-state index >= 15 is 0 Å². The van der Waals surface area contributed by atoms with Gasteiger partial charge in [-0.2, -0.15) is 8.42 Å². The molecule has 1 fully saturated rings. The summed E-state index contributed by atoms with van der Waals surface area (Å²) in [7, 11) is -7.34. The summed E-state index contributed by atoms with van der Waals surface area (Å²) < 4.78 is 55.8. The van der Waals surface area contributed by atoms with Crippen molar-refractivity contribution in [1.82, 2.24) is 4.72 Å². The highest BCUT2D eigenvalue weighted by atomic mass is 32.2. The van der Waals surface area contributed by atoms with Crippen LogP contribution < -0.4 is 15.4 Å². The zero-order valence-corrected chi connectivity index (χ0v) is 11.4. The molecule has 0 aromatic heterocycles. The minimum Gasteiger partial charge on any atom is -0.212 e. The Bertz CT molecular complexity index is 855. The molecular weight excluding hydrogens is 290 g/mol. The molecular formula is C10H11N3O4S2. The van der Waals surface area contributed by atoms with Crippen molar-refractivity contribution in [3.8, 4) is 0 Å². The number of fused-ring (bicyclic) bond motifs is 1. The van der Waals surface area contributed by atoms with E-state index in [-0.39, 0.29) is 22.5 Å². The van der Waals surface area contributed by atoms with Crippen molar-refractivity contribution in [3.63, 3.8) is 0 Å². The van der Waals surface area contributed by atoms with Gasteiger partial charge in [0.25, 0.3) is 0 Å². The van der Waals surface area contributed by atoms with Gasteiger partial charge in [0.2, 0.25) is 10.0 Å². The molecule has 7 nitrogen and oxygen atoms in total. The smallest absolute Gasteiger partial charge is 0.212 e. The van der Waals surface area contributed by atoms with Gasteiger partial charge < -0.3 is 0 Å². The number of sulfonamides is 1. The van der Waals surface area contributed by atoms with Crippen LogP contribution in [0.2, 0.25) is 0 Å². The van der Waals surface area contributed by atoms with Gasteiger partial charge in [0, 0.05) is 6.04 Å². The highest BCUT2D eigenvalue weighted by Gasteiger charge is 2.27. The average Bonchev–Trinajstić information content (AvgIpc) is 2.98. The SMILES string of the molecule is O=S1(=O)N=c2cccc(CS(=O)(=O)NC3CC3)c2=N1. The van der Waals surface area contributed by atoms with Crippen molar-refractivity contribution < 1.29 is 16.8 Å². The second kappa shape index (κ2) is 4.09. The summed E-state index contributed by atoms with van der Waals surface area (Å²) in [5, 5.41) is 0.322. The molecule has 1 heterocycles. The first-order valence-corrected chi connectivity index (χ1v) is 8.72. The van der Waals surface area contributed by atoms with Gasteiger partial charge in [0.05, 0.1) is 5.75 Å². The molecule has 0 unspecified atom stereocenters. The van der Waals surface area contributed by atoms with Gasteiger partial charge in [-0.1, -0.05) is 12.1 Å². The molecule has 102 valence electrons. The fourth-order valence-electron chi connectivity index (χ4n) is 1.83. The zero-order valence-electron chi connectivity index (χ0n) is 9.77. The number of rotatable bonds is 4. The maximum absolute atomic E-state index is 11.9. The van der Waals surface area contributed by atoms with E-state index in [9.17, 15) is 16.8 Å². The van der Waals surface area contributed by atoms with Crippen LogP contribution >= 0.6 is 0 Å².